The van der Waals surface area contributed by atoms with Crippen LogP contribution < -0.4 is 0 Å². The van der Waals surface area contributed by atoms with Gasteiger partial charge in [-0.1, -0.05) is 109 Å². The lowest BCUT2D eigenvalue weighted by Crippen LogP contribution is -1.94. The van der Waals surface area contributed by atoms with Gasteiger partial charge in [0.2, 0.25) is 0 Å². The van der Waals surface area contributed by atoms with Gasteiger partial charge in [0.05, 0.1) is 28.6 Å². The molecule has 0 saturated carbocycles. The highest BCUT2D eigenvalue weighted by Crippen LogP contribution is 2.46. The van der Waals surface area contributed by atoms with Crippen LogP contribution in [-0.4, -0.2) is 9.97 Å². The minimum atomic E-state index is 0.644. The van der Waals surface area contributed by atoms with Gasteiger partial charge in [-0.3, -0.25) is 0 Å². The molecule has 0 saturated heterocycles. The molecule has 184 valence electrons. The number of nitrogens with zero attached hydrogens (tertiary/aromatic N) is 3. The van der Waals surface area contributed by atoms with E-state index in [9.17, 15) is 0 Å². The molecule has 8 aromatic rings. The van der Waals surface area contributed by atoms with Gasteiger partial charge >= 0.3 is 0 Å². The molecule has 0 amide bonds. The fourth-order valence-electron chi connectivity index (χ4n) is 6.09. The summed E-state index contributed by atoms with van der Waals surface area (Å²) >= 11 is 0. The Morgan fingerprint density at radius 1 is 0.450 bits per heavy atom. The topological polar surface area (TPSA) is 30.1 Å². The molecule has 40 heavy (non-hydrogen) atoms. The molecule has 3 nitrogen and oxygen atoms in total. The predicted octanol–water partition coefficient (Wildman–Crippen LogP) is 10.1. The number of benzene rings is 7. The van der Waals surface area contributed by atoms with Crippen LogP contribution in [0.4, 0.5) is 5.69 Å². The number of para-hydroxylation sites is 2. The Hall–Kier alpha value is -5.59. The quantitative estimate of drug-likeness (QED) is 0.132. The van der Waals surface area contributed by atoms with E-state index >= 15 is 0 Å². The maximum absolute atomic E-state index is 7.39. The van der Waals surface area contributed by atoms with Gasteiger partial charge in [-0.25, -0.2) is 14.8 Å². The molecule has 7 aromatic carbocycles. The maximum atomic E-state index is 7.39. The van der Waals surface area contributed by atoms with Crippen LogP contribution in [0.5, 0.6) is 0 Å². The number of fused-ring (bicyclic) bond motifs is 6. The summed E-state index contributed by atoms with van der Waals surface area (Å²) in [5.41, 5.74) is 8.87. The minimum absolute atomic E-state index is 0.644. The van der Waals surface area contributed by atoms with Gasteiger partial charge in [-0.2, -0.15) is 0 Å². The van der Waals surface area contributed by atoms with E-state index in [1.54, 1.807) is 0 Å². The Balaban J connectivity index is 1.54. The summed E-state index contributed by atoms with van der Waals surface area (Å²) in [5, 5.41) is 6.98. The fraction of sp³-hybridized carbons (Fsp3) is 0. The van der Waals surface area contributed by atoms with E-state index in [0.29, 0.717) is 5.69 Å². The van der Waals surface area contributed by atoms with E-state index in [1.165, 1.54) is 32.7 Å². The summed E-state index contributed by atoms with van der Waals surface area (Å²) in [7, 11) is 0. The van der Waals surface area contributed by atoms with Crippen molar-refractivity contribution in [1.29, 1.82) is 0 Å². The molecule has 1 heterocycles. The second-order valence-electron chi connectivity index (χ2n) is 10.0. The molecule has 8 rings (SSSR count). The lowest BCUT2D eigenvalue weighted by Gasteiger charge is -2.19. The molecule has 1 aromatic heterocycles. The summed E-state index contributed by atoms with van der Waals surface area (Å²) < 4.78 is 0. The first-order chi connectivity index (χ1) is 19.8. The molecule has 0 atom stereocenters. The van der Waals surface area contributed by atoms with Gasteiger partial charge in [0.1, 0.15) is 0 Å². The summed E-state index contributed by atoms with van der Waals surface area (Å²) in [5.74, 6) is 0. The molecule has 3 heteroatoms. The van der Waals surface area contributed by atoms with Crippen molar-refractivity contribution in [3.63, 3.8) is 0 Å². The molecular weight excluding hydrogens is 486 g/mol. The van der Waals surface area contributed by atoms with Gasteiger partial charge in [-0.15, -0.1) is 0 Å². The molecule has 0 aliphatic carbocycles. The second kappa shape index (κ2) is 8.73. The number of rotatable bonds is 2. The van der Waals surface area contributed by atoms with E-state index in [4.69, 9.17) is 16.5 Å². The third kappa shape index (κ3) is 3.30. The Morgan fingerprint density at radius 2 is 0.950 bits per heavy atom. The zero-order valence-corrected chi connectivity index (χ0v) is 21.5. The van der Waals surface area contributed by atoms with Crippen molar-refractivity contribution >= 4 is 60.1 Å². The Kier molecular flexibility index (Phi) is 4.89. The molecule has 0 aliphatic heterocycles. The summed E-state index contributed by atoms with van der Waals surface area (Å²) in [6.07, 6.45) is 0. The van der Waals surface area contributed by atoms with E-state index in [1.807, 2.05) is 36.4 Å². The number of hydrogen-bond acceptors (Lipinski definition) is 2. The van der Waals surface area contributed by atoms with Crippen LogP contribution in [0, 0.1) is 6.57 Å². The van der Waals surface area contributed by atoms with Crippen LogP contribution >= 0.6 is 0 Å². The summed E-state index contributed by atoms with van der Waals surface area (Å²) in [6, 6.07) is 44.0. The van der Waals surface area contributed by atoms with Crippen LogP contribution in [-0.2, 0) is 0 Å². The molecule has 0 N–H and O–H groups in total. The standard InChI is InChI=1S/C37H21N3/c1-38-24-20-18-23(19-21-24)35-26-11-3-5-13-28(26)36(29-14-6-4-12-27(29)35)31-22-34-37(30-15-7-2-10-25(30)31)40-33-17-9-8-16-32(33)39-34/h2-22H. The SMILES string of the molecule is [C-]#[N+]c1ccc(-c2c3ccccc3c(-c3cc4nc5ccccc5nc4c4ccccc34)c3ccccc23)cc1. The van der Waals surface area contributed by atoms with Crippen molar-refractivity contribution in [2.45, 2.75) is 0 Å². The zero-order valence-electron chi connectivity index (χ0n) is 21.5. The molecule has 0 aliphatic rings. The van der Waals surface area contributed by atoms with Crippen molar-refractivity contribution in [1.82, 2.24) is 9.97 Å². The molecular formula is C37H21N3. The normalized spacial score (nSPS) is 11.5. The molecule has 0 radical (unpaired) electrons. The highest BCUT2D eigenvalue weighted by Gasteiger charge is 2.19. The smallest absolute Gasteiger partial charge is 0.187 e. The van der Waals surface area contributed by atoms with Gasteiger partial charge in [0.15, 0.2) is 5.69 Å². The van der Waals surface area contributed by atoms with Crippen LogP contribution in [0.15, 0.2) is 127 Å². The maximum Gasteiger partial charge on any atom is 0.187 e. The summed E-state index contributed by atoms with van der Waals surface area (Å²) in [6.45, 7) is 7.39. The lowest BCUT2D eigenvalue weighted by molar-refractivity contribution is 1.41. The van der Waals surface area contributed by atoms with Crippen molar-refractivity contribution in [3.8, 4) is 22.3 Å². The van der Waals surface area contributed by atoms with E-state index < -0.39 is 0 Å². The third-order valence-electron chi connectivity index (χ3n) is 7.84. The lowest BCUT2D eigenvalue weighted by atomic mass is 9.84. The molecule has 0 unspecified atom stereocenters. The first-order valence-corrected chi connectivity index (χ1v) is 13.3. The first-order valence-electron chi connectivity index (χ1n) is 13.3. The van der Waals surface area contributed by atoms with Gasteiger partial charge in [0.25, 0.3) is 0 Å². The van der Waals surface area contributed by atoms with Crippen molar-refractivity contribution in [2.75, 3.05) is 0 Å². The second-order valence-corrected chi connectivity index (χ2v) is 10.0. The van der Waals surface area contributed by atoms with E-state index in [0.717, 1.165) is 44.0 Å². The van der Waals surface area contributed by atoms with Gasteiger partial charge in [-0.05, 0) is 67.4 Å². The highest BCUT2D eigenvalue weighted by atomic mass is 14.8. The average Bonchev–Trinajstić information content (AvgIpc) is 3.02. The summed E-state index contributed by atoms with van der Waals surface area (Å²) in [4.78, 5) is 13.7. The van der Waals surface area contributed by atoms with E-state index in [2.05, 4.69) is 95.8 Å². The monoisotopic (exact) mass is 507 g/mol. The fourth-order valence-corrected chi connectivity index (χ4v) is 6.09. The van der Waals surface area contributed by atoms with Crippen LogP contribution in [0.2, 0.25) is 0 Å². The molecule has 0 fully saturated rings. The Labute approximate surface area is 230 Å². The molecule has 0 bridgehead atoms. The Morgan fingerprint density at radius 3 is 1.55 bits per heavy atom. The zero-order chi connectivity index (χ0) is 26.6. The largest absolute Gasteiger partial charge is 0.244 e. The van der Waals surface area contributed by atoms with Crippen LogP contribution in [0.3, 0.4) is 0 Å². The Bertz CT molecular complexity index is 2270. The van der Waals surface area contributed by atoms with Crippen molar-refractivity contribution < 1.29 is 0 Å². The van der Waals surface area contributed by atoms with Crippen LogP contribution in [0.1, 0.15) is 0 Å². The minimum Gasteiger partial charge on any atom is -0.244 e. The van der Waals surface area contributed by atoms with Crippen molar-refractivity contribution in [2.24, 2.45) is 0 Å². The van der Waals surface area contributed by atoms with Gasteiger partial charge in [0, 0.05) is 5.39 Å². The number of aromatic nitrogens is 2. The van der Waals surface area contributed by atoms with Crippen LogP contribution in [0.25, 0.3) is 81.5 Å². The first kappa shape index (κ1) is 22.4. The average molecular weight is 508 g/mol. The van der Waals surface area contributed by atoms with E-state index in [-0.39, 0.29) is 0 Å². The predicted molar refractivity (Wildman–Crippen MR) is 167 cm³/mol. The molecule has 0 spiro atoms. The third-order valence-corrected chi connectivity index (χ3v) is 7.84. The number of hydrogen-bond donors (Lipinski definition) is 0. The highest BCUT2D eigenvalue weighted by molar-refractivity contribution is 6.25. The van der Waals surface area contributed by atoms with Crippen molar-refractivity contribution in [3.05, 3.63) is 139 Å². The van der Waals surface area contributed by atoms with Gasteiger partial charge < -0.3 is 0 Å².